The van der Waals surface area contributed by atoms with Crippen LogP contribution in [0.25, 0.3) is 0 Å². The van der Waals surface area contributed by atoms with Gasteiger partial charge in [-0.1, -0.05) is 13.8 Å². The first-order valence-corrected chi connectivity index (χ1v) is 5.93. The second-order valence-corrected chi connectivity index (χ2v) is 5.84. The SMILES string of the molecule is C.CC(C)(C)OC(=O)N1CC2CCCC2C1. The molecule has 0 radical (unpaired) electrons. The molecular formula is C13H25NO2. The van der Waals surface area contributed by atoms with Crippen molar-refractivity contribution in [2.75, 3.05) is 13.1 Å². The molecular weight excluding hydrogens is 202 g/mol. The lowest BCUT2D eigenvalue weighted by molar-refractivity contribution is 0.0280. The Morgan fingerprint density at radius 3 is 2.12 bits per heavy atom. The fraction of sp³-hybridized carbons (Fsp3) is 0.923. The number of likely N-dealkylation sites (tertiary alicyclic amines) is 1. The summed E-state index contributed by atoms with van der Waals surface area (Å²) >= 11 is 0. The summed E-state index contributed by atoms with van der Waals surface area (Å²) in [5.74, 6) is 1.50. The van der Waals surface area contributed by atoms with E-state index in [0.717, 1.165) is 24.9 Å². The van der Waals surface area contributed by atoms with Crippen LogP contribution in [0, 0.1) is 11.8 Å². The van der Waals surface area contributed by atoms with Crippen molar-refractivity contribution in [2.45, 2.75) is 53.1 Å². The van der Waals surface area contributed by atoms with Crippen LogP contribution in [0.3, 0.4) is 0 Å². The Bertz CT molecular complexity index is 245. The van der Waals surface area contributed by atoms with Gasteiger partial charge in [-0.05, 0) is 45.4 Å². The minimum Gasteiger partial charge on any atom is -0.444 e. The molecule has 3 nitrogen and oxygen atoms in total. The van der Waals surface area contributed by atoms with Gasteiger partial charge in [0.15, 0.2) is 0 Å². The Morgan fingerprint density at radius 1 is 1.19 bits per heavy atom. The van der Waals surface area contributed by atoms with E-state index in [1.807, 2.05) is 25.7 Å². The molecule has 0 aromatic rings. The number of rotatable bonds is 0. The van der Waals surface area contributed by atoms with Gasteiger partial charge in [-0.15, -0.1) is 0 Å². The Kier molecular flexibility index (Phi) is 3.87. The molecule has 1 saturated heterocycles. The van der Waals surface area contributed by atoms with Gasteiger partial charge >= 0.3 is 6.09 Å². The van der Waals surface area contributed by atoms with Crippen molar-refractivity contribution in [3.8, 4) is 0 Å². The highest BCUT2D eigenvalue weighted by atomic mass is 16.6. The molecule has 0 spiro atoms. The van der Waals surface area contributed by atoms with Crippen LogP contribution in [0.1, 0.15) is 47.5 Å². The van der Waals surface area contributed by atoms with Crippen LogP contribution in [0.2, 0.25) is 0 Å². The van der Waals surface area contributed by atoms with E-state index in [2.05, 4.69) is 0 Å². The number of nitrogens with zero attached hydrogens (tertiary/aromatic N) is 1. The van der Waals surface area contributed by atoms with Gasteiger partial charge < -0.3 is 9.64 Å². The van der Waals surface area contributed by atoms with Crippen molar-refractivity contribution >= 4 is 6.09 Å². The first-order chi connectivity index (χ1) is 6.96. The fourth-order valence-corrected chi connectivity index (χ4v) is 2.71. The van der Waals surface area contributed by atoms with Gasteiger partial charge in [0.2, 0.25) is 0 Å². The van der Waals surface area contributed by atoms with E-state index in [1.54, 1.807) is 0 Å². The van der Waals surface area contributed by atoms with Crippen LogP contribution < -0.4 is 0 Å². The Hall–Kier alpha value is -0.730. The molecule has 2 unspecified atom stereocenters. The molecule has 94 valence electrons. The zero-order valence-electron chi connectivity index (χ0n) is 9.95. The minimum absolute atomic E-state index is 0. The van der Waals surface area contributed by atoms with E-state index < -0.39 is 0 Å². The van der Waals surface area contributed by atoms with Crippen molar-refractivity contribution in [3.05, 3.63) is 0 Å². The maximum atomic E-state index is 11.8. The number of hydrogen-bond acceptors (Lipinski definition) is 2. The summed E-state index contributed by atoms with van der Waals surface area (Å²) in [7, 11) is 0. The standard InChI is InChI=1S/C12H21NO2.CH4/c1-12(2,3)15-11(14)13-7-9-5-4-6-10(9)8-13;/h9-10H,4-8H2,1-3H3;1H4. The lowest BCUT2D eigenvalue weighted by atomic mass is 10.0. The second-order valence-electron chi connectivity index (χ2n) is 5.84. The van der Waals surface area contributed by atoms with Gasteiger partial charge in [-0.2, -0.15) is 0 Å². The fourth-order valence-electron chi connectivity index (χ4n) is 2.71. The third kappa shape index (κ3) is 2.89. The van der Waals surface area contributed by atoms with E-state index in [4.69, 9.17) is 4.74 Å². The average molecular weight is 227 g/mol. The monoisotopic (exact) mass is 227 g/mol. The normalized spacial score (nSPS) is 28.6. The summed E-state index contributed by atoms with van der Waals surface area (Å²) in [6.07, 6.45) is 3.81. The summed E-state index contributed by atoms with van der Waals surface area (Å²) in [6, 6.07) is 0. The van der Waals surface area contributed by atoms with E-state index in [9.17, 15) is 4.79 Å². The quantitative estimate of drug-likeness (QED) is 0.635. The summed E-state index contributed by atoms with van der Waals surface area (Å²) in [5, 5.41) is 0. The van der Waals surface area contributed by atoms with Crippen molar-refractivity contribution in [3.63, 3.8) is 0 Å². The number of amides is 1. The summed E-state index contributed by atoms with van der Waals surface area (Å²) in [4.78, 5) is 13.7. The van der Waals surface area contributed by atoms with Crippen molar-refractivity contribution < 1.29 is 9.53 Å². The van der Waals surface area contributed by atoms with E-state index >= 15 is 0 Å². The van der Waals surface area contributed by atoms with Crippen LogP contribution in [0.15, 0.2) is 0 Å². The lowest BCUT2D eigenvalue weighted by Crippen LogP contribution is -2.35. The van der Waals surface area contributed by atoms with E-state index in [0.29, 0.717) is 0 Å². The second kappa shape index (κ2) is 4.64. The molecule has 1 amide bonds. The Balaban J connectivity index is 0.00000128. The van der Waals surface area contributed by atoms with Crippen LogP contribution in [0.5, 0.6) is 0 Å². The maximum absolute atomic E-state index is 11.8. The molecule has 1 aliphatic carbocycles. The van der Waals surface area contributed by atoms with Crippen LogP contribution in [-0.2, 0) is 4.74 Å². The van der Waals surface area contributed by atoms with Gasteiger partial charge in [0, 0.05) is 13.1 Å². The number of hydrogen-bond donors (Lipinski definition) is 0. The predicted molar refractivity (Wildman–Crippen MR) is 65.4 cm³/mol. The summed E-state index contributed by atoms with van der Waals surface area (Å²) in [6.45, 7) is 7.59. The first kappa shape index (κ1) is 13.3. The third-order valence-electron chi connectivity index (χ3n) is 3.38. The molecule has 0 aromatic heterocycles. The van der Waals surface area contributed by atoms with Gasteiger partial charge in [0.25, 0.3) is 0 Å². The number of fused-ring (bicyclic) bond motifs is 1. The molecule has 2 rings (SSSR count). The molecule has 0 aromatic carbocycles. The first-order valence-electron chi connectivity index (χ1n) is 5.93. The predicted octanol–water partition coefficient (Wildman–Crippen LogP) is 3.29. The summed E-state index contributed by atoms with van der Waals surface area (Å²) < 4.78 is 5.37. The number of carbonyl (C=O) groups excluding carboxylic acids is 1. The molecule has 1 heterocycles. The number of carbonyl (C=O) groups is 1. The zero-order chi connectivity index (χ0) is 11.1. The highest BCUT2D eigenvalue weighted by Crippen LogP contribution is 2.38. The van der Waals surface area contributed by atoms with Crippen LogP contribution in [0.4, 0.5) is 4.79 Å². The minimum atomic E-state index is -0.366. The van der Waals surface area contributed by atoms with Gasteiger partial charge in [0.05, 0.1) is 0 Å². The molecule has 1 aliphatic heterocycles. The van der Waals surface area contributed by atoms with Crippen molar-refractivity contribution in [2.24, 2.45) is 11.8 Å². The van der Waals surface area contributed by atoms with E-state index in [1.165, 1.54) is 19.3 Å². The van der Waals surface area contributed by atoms with Gasteiger partial charge in [-0.3, -0.25) is 0 Å². The van der Waals surface area contributed by atoms with Gasteiger partial charge in [0.1, 0.15) is 5.60 Å². The topological polar surface area (TPSA) is 29.5 Å². The maximum Gasteiger partial charge on any atom is 0.410 e. The van der Waals surface area contributed by atoms with Crippen molar-refractivity contribution in [1.82, 2.24) is 4.90 Å². The Morgan fingerprint density at radius 2 is 1.69 bits per heavy atom. The smallest absolute Gasteiger partial charge is 0.410 e. The van der Waals surface area contributed by atoms with E-state index in [-0.39, 0.29) is 19.1 Å². The number of ether oxygens (including phenoxy) is 1. The van der Waals surface area contributed by atoms with Gasteiger partial charge in [-0.25, -0.2) is 4.79 Å². The van der Waals surface area contributed by atoms with Crippen molar-refractivity contribution in [1.29, 1.82) is 0 Å². The highest BCUT2D eigenvalue weighted by Gasteiger charge is 2.39. The highest BCUT2D eigenvalue weighted by molar-refractivity contribution is 5.68. The molecule has 2 aliphatic rings. The largest absolute Gasteiger partial charge is 0.444 e. The average Bonchev–Trinajstić information content (AvgIpc) is 2.56. The lowest BCUT2D eigenvalue weighted by Gasteiger charge is -2.24. The molecule has 2 fully saturated rings. The molecule has 0 N–H and O–H groups in total. The van der Waals surface area contributed by atoms with Crippen LogP contribution >= 0.6 is 0 Å². The molecule has 3 heteroatoms. The summed E-state index contributed by atoms with van der Waals surface area (Å²) in [5.41, 5.74) is -0.366. The molecule has 16 heavy (non-hydrogen) atoms. The molecule has 2 atom stereocenters. The molecule has 1 saturated carbocycles. The van der Waals surface area contributed by atoms with Crippen LogP contribution in [-0.4, -0.2) is 29.7 Å². The zero-order valence-corrected chi connectivity index (χ0v) is 9.95. The Labute approximate surface area is 99.1 Å². The third-order valence-corrected chi connectivity index (χ3v) is 3.38. The molecule has 0 bridgehead atoms.